The van der Waals surface area contributed by atoms with Crippen LogP contribution in [0.4, 0.5) is 0 Å². The second-order valence-electron chi connectivity index (χ2n) is 18.8. The van der Waals surface area contributed by atoms with Crippen molar-refractivity contribution in [3.05, 3.63) is 88.0 Å². The number of rotatable bonds is 0. The van der Waals surface area contributed by atoms with E-state index in [1.54, 1.807) is 33.4 Å². The van der Waals surface area contributed by atoms with E-state index in [2.05, 4.69) is 138 Å². The Morgan fingerprint density at radius 2 is 0.667 bits per heavy atom. The highest BCUT2D eigenvalue weighted by atomic mass is 14.7. The topological polar surface area (TPSA) is 0 Å². The summed E-state index contributed by atoms with van der Waals surface area (Å²) >= 11 is 0. The van der Waals surface area contributed by atoms with Crippen molar-refractivity contribution in [3.63, 3.8) is 0 Å². The van der Waals surface area contributed by atoms with E-state index < -0.39 is 0 Å². The summed E-state index contributed by atoms with van der Waals surface area (Å²) in [5, 5.41) is 0. The number of hydrogen-bond donors (Lipinski definition) is 0. The zero-order valence-electron chi connectivity index (χ0n) is 28.8. The van der Waals surface area contributed by atoms with Crippen LogP contribution in [-0.2, 0) is 16.2 Å². The average molecular weight is 562 g/mol. The van der Waals surface area contributed by atoms with Crippen molar-refractivity contribution in [2.45, 2.75) is 136 Å². The molecule has 3 fully saturated rings. The zero-order valence-corrected chi connectivity index (χ0v) is 28.8. The fraction of sp³-hybridized carbons (Fsp3) is 0.643. The lowest BCUT2D eigenvalue weighted by Crippen LogP contribution is -2.56. The summed E-state index contributed by atoms with van der Waals surface area (Å²) < 4.78 is 0. The molecule has 0 heteroatoms. The van der Waals surface area contributed by atoms with Gasteiger partial charge in [0.1, 0.15) is 0 Å². The van der Waals surface area contributed by atoms with E-state index in [4.69, 9.17) is 0 Å². The van der Waals surface area contributed by atoms with Gasteiger partial charge in [0.05, 0.1) is 0 Å². The predicted octanol–water partition coefficient (Wildman–Crippen LogP) is 11.5. The lowest BCUT2D eigenvalue weighted by Gasteiger charge is -2.66. The predicted molar refractivity (Wildman–Crippen MR) is 179 cm³/mol. The van der Waals surface area contributed by atoms with Gasteiger partial charge in [-0.2, -0.15) is 51.6 Å². The summed E-state index contributed by atoms with van der Waals surface area (Å²) in [6, 6.07) is 20.8. The summed E-state index contributed by atoms with van der Waals surface area (Å²) in [4.78, 5) is 0. The highest BCUT2D eigenvalue weighted by Crippen LogP contribution is 2.70. The van der Waals surface area contributed by atoms with Crippen molar-refractivity contribution in [1.29, 1.82) is 0 Å². The van der Waals surface area contributed by atoms with Crippen molar-refractivity contribution in [2.24, 2.45) is 34.0 Å². The Bertz CT molecular complexity index is 1320. The molecule has 12 rings (SSSR count). The minimum Gasteiger partial charge on any atom is -0.213 e. The smallest absolute Gasteiger partial charge is 0.0299 e. The van der Waals surface area contributed by atoms with Gasteiger partial charge in [0.15, 0.2) is 0 Å². The summed E-state index contributed by atoms with van der Waals surface area (Å²) in [6.45, 7) is 29.2. The molecule has 3 saturated carbocycles. The lowest BCUT2D eigenvalue weighted by molar-refractivity contribution is -0.0368. The maximum atomic E-state index is 2.45. The van der Waals surface area contributed by atoms with E-state index in [1.807, 2.05) is 0 Å². The summed E-state index contributed by atoms with van der Waals surface area (Å²) in [6.07, 6.45) is 4.24. The molecule has 9 aliphatic carbocycles. The van der Waals surface area contributed by atoms with Gasteiger partial charge in [0.25, 0.3) is 0 Å². The van der Waals surface area contributed by atoms with Crippen LogP contribution in [0.15, 0.2) is 54.6 Å². The molecule has 6 atom stereocenters. The van der Waals surface area contributed by atoms with Crippen LogP contribution in [0, 0.1) is 34.0 Å². The second kappa shape index (κ2) is 8.40. The first-order valence-corrected chi connectivity index (χ1v) is 17.1. The minimum atomic E-state index is 0.400. The molecular formula is C42H57-3. The molecule has 0 heterocycles. The first-order chi connectivity index (χ1) is 19.4. The molecule has 0 nitrogen and oxygen atoms in total. The van der Waals surface area contributed by atoms with Crippen molar-refractivity contribution in [3.8, 4) is 0 Å². The van der Waals surface area contributed by atoms with Crippen molar-refractivity contribution < 1.29 is 0 Å². The van der Waals surface area contributed by atoms with E-state index in [1.165, 1.54) is 19.3 Å². The van der Waals surface area contributed by atoms with Crippen LogP contribution in [0.5, 0.6) is 0 Å². The highest BCUT2D eigenvalue weighted by Gasteiger charge is 2.58. The SMILES string of the molecule is CC1(C)c2ccc[c-]2C2CC1C2(C)C.CC1(C)c2ccc[c-]2C2CC1C2(C)C.CC1(C)c2ccc[c-]2C2CC1C2(C)C. The largest absolute Gasteiger partial charge is 0.213 e. The molecule has 6 unspecified atom stereocenters. The van der Waals surface area contributed by atoms with Gasteiger partial charge in [-0.05, 0) is 50.2 Å². The quantitative estimate of drug-likeness (QED) is 0.239. The van der Waals surface area contributed by atoms with E-state index in [-0.39, 0.29) is 0 Å². The third-order valence-electron chi connectivity index (χ3n) is 15.2. The third-order valence-corrected chi connectivity index (χ3v) is 15.2. The maximum Gasteiger partial charge on any atom is -0.0299 e. The molecule has 0 saturated heterocycles. The van der Waals surface area contributed by atoms with Crippen LogP contribution in [0.3, 0.4) is 0 Å². The molecule has 3 aromatic rings. The van der Waals surface area contributed by atoms with Gasteiger partial charge in [0, 0.05) is 0 Å². The van der Waals surface area contributed by atoms with Gasteiger partial charge >= 0.3 is 0 Å². The molecule has 228 valence electrons. The Hall–Kier alpha value is -1.95. The van der Waals surface area contributed by atoms with Gasteiger partial charge in [0.2, 0.25) is 0 Å². The van der Waals surface area contributed by atoms with Crippen LogP contribution in [0.25, 0.3) is 0 Å². The zero-order chi connectivity index (χ0) is 30.4. The summed E-state index contributed by atoms with van der Waals surface area (Å²) in [7, 11) is 0. The molecule has 0 amide bonds. The fourth-order valence-corrected chi connectivity index (χ4v) is 12.6. The monoisotopic (exact) mass is 561 g/mol. The molecule has 3 aromatic carbocycles. The van der Waals surface area contributed by atoms with Crippen molar-refractivity contribution in [1.82, 2.24) is 0 Å². The Labute approximate surface area is 257 Å². The maximum absolute atomic E-state index is 2.45. The Balaban J connectivity index is 0.000000103. The normalized spacial score (nSPS) is 36.0. The summed E-state index contributed by atoms with van der Waals surface area (Å²) in [5.74, 6) is 5.17. The molecule has 9 aliphatic rings. The van der Waals surface area contributed by atoms with Gasteiger partial charge < -0.3 is 0 Å². The first kappa shape index (κ1) is 28.8. The highest BCUT2D eigenvalue weighted by molar-refractivity contribution is 5.49. The van der Waals surface area contributed by atoms with E-state index in [0.29, 0.717) is 32.5 Å². The average Bonchev–Trinajstić information content (AvgIpc) is 3.63. The Morgan fingerprint density at radius 3 is 0.881 bits per heavy atom. The lowest BCUT2D eigenvalue weighted by atomic mass is 9.41. The van der Waals surface area contributed by atoms with Crippen molar-refractivity contribution in [2.75, 3.05) is 0 Å². The molecule has 0 spiro atoms. The molecule has 6 bridgehead atoms. The van der Waals surface area contributed by atoms with Crippen LogP contribution in [-0.4, -0.2) is 0 Å². The fourth-order valence-electron chi connectivity index (χ4n) is 12.6. The Morgan fingerprint density at radius 1 is 0.429 bits per heavy atom. The van der Waals surface area contributed by atoms with E-state index >= 15 is 0 Å². The number of hydrogen-bond acceptors (Lipinski definition) is 0. The first-order valence-electron chi connectivity index (χ1n) is 17.1. The van der Waals surface area contributed by atoms with Crippen LogP contribution < -0.4 is 0 Å². The van der Waals surface area contributed by atoms with Gasteiger partial charge in [-0.25, -0.2) is 36.4 Å². The van der Waals surface area contributed by atoms with Gasteiger partial charge in [-0.3, -0.25) is 0 Å². The van der Waals surface area contributed by atoms with Crippen LogP contribution >= 0.6 is 0 Å². The third kappa shape index (κ3) is 3.39. The standard InChI is InChI=1S/3C14H19/c3*1-13(2)10-7-5-6-9(10)11-8-12(13)14(11,3)4/h3*5-7,11-12H,8H2,1-4H3/q3*-1. The Kier molecular flexibility index (Phi) is 5.76. The molecule has 0 N–H and O–H groups in total. The van der Waals surface area contributed by atoms with Crippen LogP contribution in [0.2, 0.25) is 0 Å². The van der Waals surface area contributed by atoms with Gasteiger partial charge in [-0.1, -0.05) is 120 Å². The second-order valence-corrected chi connectivity index (χ2v) is 18.8. The van der Waals surface area contributed by atoms with E-state index in [0.717, 1.165) is 35.5 Å². The summed E-state index contributed by atoms with van der Waals surface area (Å²) in [5.41, 5.74) is 12.6. The van der Waals surface area contributed by atoms with Crippen molar-refractivity contribution >= 4 is 0 Å². The van der Waals surface area contributed by atoms with Gasteiger partial charge in [-0.15, -0.1) is 0 Å². The molecule has 42 heavy (non-hydrogen) atoms. The molecular weight excluding hydrogens is 504 g/mol. The minimum absolute atomic E-state index is 0.400. The van der Waals surface area contributed by atoms with E-state index in [9.17, 15) is 0 Å². The molecule has 0 aliphatic heterocycles. The van der Waals surface area contributed by atoms with Crippen LogP contribution in [0.1, 0.15) is 153 Å². The molecule has 0 radical (unpaired) electrons. The molecule has 0 aromatic heterocycles.